The second kappa shape index (κ2) is 7.41. The molecule has 35 heavy (non-hydrogen) atoms. The van der Waals surface area contributed by atoms with Crippen molar-refractivity contribution in [3.8, 4) is 5.75 Å². The van der Waals surface area contributed by atoms with Gasteiger partial charge in [0.2, 0.25) is 0 Å². The van der Waals surface area contributed by atoms with Gasteiger partial charge in [-0.1, -0.05) is 19.1 Å². The topological polar surface area (TPSA) is 96.9 Å². The number of aromatic nitrogens is 1. The minimum Gasteiger partial charge on any atom is -0.494 e. The Hall–Kier alpha value is -3.67. The number of rotatable bonds is 4. The summed E-state index contributed by atoms with van der Waals surface area (Å²) in [5, 5.41) is 0.583. The zero-order valence-corrected chi connectivity index (χ0v) is 19.2. The van der Waals surface area contributed by atoms with Gasteiger partial charge in [-0.15, -0.1) is 0 Å². The van der Waals surface area contributed by atoms with E-state index in [9.17, 15) is 31.2 Å². The van der Waals surface area contributed by atoms with Crippen molar-refractivity contribution in [3.63, 3.8) is 0 Å². The Morgan fingerprint density at radius 2 is 1.74 bits per heavy atom. The number of para-hydroxylation sites is 1. The second-order valence-electron chi connectivity index (χ2n) is 8.42. The SMILES string of the molecule is COc1cccc2c(N3C(=O)N(c4ccc(S(=O)(=O)C(F)(F)F)cc4)C(=O)C34CC4C)ccnc12. The van der Waals surface area contributed by atoms with Gasteiger partial charge in [-0.3, -0.25) is 14.7 Å². The standard InChI is InChI=1S/C23H18F3N3O5S/c1-13-12-22(13)20(30)28(14-6-8-15(9-7-14)35(32,33)23(24,25)26)21(31)29(22)17-10-11-27-19-16(17)4-3-5-18(19)34-2/h3-11,13H,12H2,1-2H3. The van der Waals surface area contributed by atoms with Crippen LogP contribution in [0.3, 0.4) is 0 Å². The van der Waals surface area contributed by atoms with Crippen LogP contribution in [0.1, 0.15) is 13.3 Å². The number of halogens is 3. The molecule has 3 amide bonds. The van der Waals surface area contributed by atoms with E-state index in [4.69, 9.17) is 4.74 Å². The van der Waals surface area contributed by atoms with Gasteiger partial charge in [0, 0.05) is 11.6 Å². The van der Waals surface area contributed by atoms with E-state index in [1.54, 1.807) is 24.3 Å². The molecule has 1 aliphatic carbocycles. The fourth-order valence-corrected chi connectivity index (χ4v) is 5.37. The molecule has 5 rings (SSSR count). The number of alkyl halides is 3. The smallest absolute Gasteiger partial charge is 0.494 e. The number of ether oxygens (including phenoxy) is 1. The van der Waals surface area contributed by atoms with Crippen LogP contribution >= 0.6 is 0 Å². The molecule has 2 heterocycles. The first-order valence-electron chi connectivity index (χ1n) is 10.5. The molecule has 0 N–H and O–H groups in total. The average molecular weight is 505 g/mol. The lowest BCUT2D eigenvalue weighted by Crippen LogP contribution is -2.39. The van der Waals surface area contributed by atoms with Gasteiger partial charge in [-0.2, -0.15) is 13.2 Å². The maximum absolute atomic E-state index is 13.6. The number of fused-ring (bicyclic) bond motifs is 1. The van der Waals surface area contributed by atoms with Crippen molar-refractivity contribution in [2.24, 2.45) is 5.92 Å². The number of anilines is 2. The zero-order valence-electron chi connectivity index (χ0n) is 18.4. The van der Waals surface area contributed by atoms with Gasteiger partial charge in [0.05, 0.1) is 23.4 Å². The number of amides is 3. The number of carbonyl (C=O) groups excluding carboxylic acids is 2. The molecule has 1 aliphatic heterocycles. The molecule has 2 aliphatic rings. The molecule has 1 saturated carbocycles. The number of sulfone groups is 1. The highest BCUT2D eigenvalue weighted by atomic mass is 32.2. The van der Waals surface area contributed by atoms with Crippen LogP contribution in [0.2, 0.25) is 0 Å². The molecule has 182 valence electrons. The largest absolute Gasteiger partial charge is 0.501 e. The number of carbonyl (C=O) groups is 2. The Balaban J connectivity index is 1.60. The normalized spacial score (nSPS) is 22.4. The zero-order chi connectivity index (χ0) is 25.3. The molecule has 1 spiro atoms. The van der Waals surface area contributed by atoms with Crippen molar-refractivity contribution < 1.29 is 35.9 Å². The van der Waals surface area contributed by atoms with Crippen molar-refractivity contribution in [1.82, 2.24) is 4.98 Å². The highest BCUT2D eigenvalue weighted by Crippen LogP contribution is 2.56. The van der Waals surface area contributed by atoms with Crippen molar-refractivity contribution in [3.05, 3.63) is 54.7 Å². The molecule has 2 fully saturated rings. The van der Waals surface area contributed by atoms with Crippen LogP contribution in [0, 0.1) is 5.92 Å². The van der Waals surface area contributed by atoms with E-state index < -0.39 is 37.7 Å². The molecule has 2 atom stereocenters. The fraction of sp³-hybridized carbons (Fsp3) is 0.261. The van der Waals surface area contributed by atoms with Crippen LogP contribution in [-0.2, 0) is 14.6 Å². The van der Waals surface area contributed by atoms with E-state index in [2.05, 4.69) is 4.98 Å². The maximum atomic E-state index is 13.6. The van der Waals surface area contributed by atoms with Crippen molar-refractivity contribution in [2.75, 3.05) is 16.9 Å². The van der Waals surface area contributed by atoms with Gasteiger partial charge in [0.1, 0.15) is 16.8 Å². The molecule has 1 saturated heterocycles. The minimum absolute atomic E-state index is 0.0296. The van der Waals surface area contributed by atoms with E-state index in [-0.39, 0.29) is 11.6 Å². The summed E-state index contributed by atoms with van der Waals surface area (Å²) < 4.78 is 67.4. The predicted molar refractivity (Wildman–Crippen MR) is 120 cm³/mol. The number of nitrogens with zero attached hydrogens (tertiary/aromatic N) is 3. The van der Waals surface area contributed by atoms with Crippen LogP contribution in [-0.4, -0.2) is 43.5 Å². The lowest BCUT2D eigenvalue weighted by atomic mass is 10.1. The Morgan fingerprint density at radius 1 is 1.09 bits per heavy atom. The van der Waals surface area contributed by atoms with Gasteiger partial charge in [0.25, 0.3) is 15.7 Å². The van der Waals surface area contributed by atoms with Crippen molar-refractivity contribution >= 4 is 44.1 Å². The van der Waals surface area contributed by atoms with Crippen LogP contribution in [0.4, 0.5) is 29.3 Å². The molecule has 1 aromatic heterocycles. The Labute approximate surface area is 197 Å². The van der Waals surface area contributed by atoms with Crippen LogP contribution in [0.25, 0.3) is 10.9 Å². The number of hydrogen-bond acceptors (Lipinski definition) is 6. The molecule has 12 heteroatoms. The number of benzene rings is 2. The van der Waals surface area contributed by atoms with Gasteiger partial charge < -0.3 is 4.74 Å². The third-order valence-corrected chi connectivity index (χ3v) is 8.01. The quantitative estimate of drug-likeness (QED) is 0.491. The summed E-state index contributed by atoms with van der Waals surface area (Å²) in [6.07, 6.45) is 1.89. The average Bonchev–Trinajstić information content (AvgIpc) is 3.43. The van der Waals surface area contributed by atoms with Crippen LogP contribution < -0.4 is 14.5 Å². The van der Waals surface area contributed by atoms with Crippen molar-refractivity contribution in [1.29, 1.82) is 0 Å². The summed E-state index contributed by atoms with van der Waals surface area (Å²) in [6, 6.07) is 9.62. The number of urea groups is 1. The molecule has 0 bridgehead atoms. The summed E-state index contributed by atoms with van der Waals surface area (Å²) in [5.74, 6) is -0.226. The summed E-state index contributed by atoms with van der Waals surface area (Å²) >= 11 is 0. The fourth-order valence-electron chi connectivity index (χ4n) is 4.61. The Bertz CT molecular complexity index is 1490. The first-order valence-corrected chi connectivity index (χ1v) is 12.0. The minimum atomic E-state index is -5.57. The third kappa shape index (κ3) is 3.12. The third-order valence-electron chi connectivity index (χ3n) is 6.51. The molecular weight excluding hydrogens is 487 g/mol. The van der Waals surface area contributed by atoms with E-state index >= 15 is 0 Å². The maximum Gasteiger partial charge on any atom is 0.501 e. The predicted octanol–water partition coefficient (Wildman–Crippen LogP) is 4.29. The van der Waals surface area contributed by atoms with E-state index in [0.29, 0.717) is 28.8 Å². The van der Waals surface area contributed by atoms with Gasteiger partial charge in [-0.05, 0) is 48.7 Å². The highest BCUT2D eigenvalue weighted by Gasteiger charge is 2.70. The molecule has 3 aromatic rings. The number of imide groups is 1. The summed E-state index contributed by atoms with van der Waals surface area (Å²) in [5.41, 5.74) is -5.73. The lowest BCUT2D eigenvalue weighted by molar-refractivity contribution is -0.119. The van der Waals surface area contributed by atoms with Crippen LogP contribution in [0.5, 0.6) is 5.75 Å². The first kappa shape index (κ1) is 23.1. The Morgan fingerprint density at radius 3 is 2.31 bits per heavy atom. The van der Waals surface area contributed by atoms with Crippen LogP contribution in [0.15, 0.2) is 59.6 Å². The van der Waals surface area contributed by atoms with E-state index in [1.165, 1.54) is 18.2 Å². The number of pyridine rings is 1. The molecule has 0 radical (unpaired) electrons. The molecule has 2 unspecified atom stereocenters. The summed E-state index contributed by atoms with van der Waals surface area (Å²) in [4.78, 5) is 32.8. The first-order chi connectivity index (χ1) is 16.4. The van der Waals surface area contributed by atoms with E-state index in [1.807, 2.05) is 6.92 Å². The van der Waals surface area contributed by atoms with E-state index in [0.717, 1.165) is 29.2 Å². The van der Waals surface area contributed by atoms with Gasteiger partial charge in [-0.25, -0.2) is 18.1 Å². The van der Waals surface area contributed by atoms with Crippen molar-refractivity contribution in [2.45, 2.75) is 29.3 Å². The molecular formula is C23H18F3N3O5S. The summed E-state index contributed by atoms with van der Waals surface area (Å²) in [6.45, 7) is 1.82. The summed E-state index contributed by atoms with van der Waals surface area (Å²) in [7, 11) is -4.08. The number of methoxy groups -OCH3 is 1. The number of hydrogen-bond donors (Lipinski definition) is 0. The van der Waals surface area contributed by atoms with Gasteiger partial charge >= 0.3 is 11.5 Å². The molecule has 2 aromatic carbocycles. The highest BCUT2D eigenvalue weighted by molar-refractivity contribution is 7.92. The Kier molecular flexibility index (Phi) is 4.89. The lowest BCUT2D eigenvalue weighted by Gasteiger charge is -2.24. The second-order valence-corrected chi connectivity index (χ2v) is 10.4. The van der Waals surface area contributed by atoms with Gasteiger partial charge in [0.15, 0.2) is 0 Å². The molecule has 8 nitrogen and oxygen atoms in total. The monoisotopic (exact) mass is 505 g/mol.